The molecule has 3 aliphatic heterocycles. The number of halogens is 1. The summed E-state index contributed by atoms with van der Waals surface area (Å²) in [6, 6.07) is 38.4. The van der Waals surface area contributed by atoms with Crippen molar-refractivity contribution in [3.05, 3.63) is 143 Å². The van der Waals surface area contributed by atoms with Crippen molar-refractivity contribution in [3.8, 4) is 11.5 Å². The number of carbonyl (C=O) groups excluding carboxylic acids is 3. The lowest BCUT2D eigenvalue weighted by Gasteiger charge is -2.37. The van der Waals surface area contributed by atoms with Crippen LogP contribution in [0.5, 0.6) is 11.5 Å². The SMILES string of the molecule is COc1ccc([Si](C)(C)[C@H]2[C@H](CC(=O)N(CCO)Cc3ccccc3)O[C@@]3(C(=O)N(Cc4ccc(N5C(=O)COc6ccccc65)cc4)c4ccc(Cl)cc43)[C@@H]2C)cc1. The summed E-state index contributed by atoms with van der Waals surface area (Å²) in [6.07, 6.45) is -0.591. The van der Waals surface area contributed by atoms with E-state index in [1.165, 1.54) is 0 Å². The highest BCUT2D eigenvalue weighted by molar-refractivity contribution is 6.91. The molecule has 0 aliphatic carbocycles. The van der Waals surface area contributed by atoms with Gasteiger partial charge in [0.25, 0.3) is 11.8 Å². The van der Waals surface area contributed by atoms with Gasteiger partial charge in [0.05, 0.1) is 52.2 Å². The van der Waals surface area contributed by atoms with Crippen LogP contribution in [0.15, 0.2) is 121 Å². The number of para-hydroxylation sites is 2. The fourth-order valence-electron chi connectivity index (χ4n) is 9.48. The maximum Gasteiger partial charge on any atom is 0.269 e. The van der Waals surface area contributed by atoms with Crippen molar-refractivity contribution in [3.63, 3.8) is 0 Å². The van der Waals surface area contributed by atoms with Gasteiger partial charge in [-0.2, -0.15) is 0 Å². The summed E-state index contributed by atoms with van der Waals surface area (Å²) in [4.78, 5) is 47.9. The Kier molecular flexibility index (Phi) is 11.1. The fraction of sp³-hybridized carbons (Fsp3) is 0.298. The van der Waals surface area contributed by atoms with Crippen LogP contribution in [0, 0.1) is 5.92 Å². The number of amides is 3. The minimum Gasteiger partial charge on any atom is -0.497 e. The first-order valence-electron chi connectivity index (χ1n) is 20.0. The van der Waals surface area contributed by atoms with Gasteiger partial charge in [-0.3, -0.25) is 19.3 Å². The van der Waals surface area contributed by atoms with Gasteiger partial charge in [-0.25, -0.2) is 0 Å². The Morgan fingerprint density at radius 3 is 2.34 bits per heavy atom. The normalized spacial score (nSPS) is 21.0. The predicted molar refractivity (Wildman–Crippen MR) is 231 cm³/mol. The number of nitrogens with zero attached hydrogens (tertiary/aromatic N) is 3. The van der Waals surface area contributed by atoms with Gasteiger partial charge in [-0.05, 0) is 71.3 Å². The molecule has 1 saturated heterocycles. The van der Waals surface area contributed by atoms with Crippen molar-refractivity contribution in [1.29, 1.82) is 0 Å². The van der Waals surface area contributed by atoms with Gasteiger partial charge in [-0.1, -0.05) is 104 Å². The number of fused-ring (bicyclic) bond motifs is 3. The van der Waals surface area contributed by atoms with Crippen LogP contribution in [0.3, 0.4) is 0 Å². The number of hydrogen-bond donors (Lipinski definition) is 1. The molecule has 10 nitrogen and oxygen atoms in total. The predicted octanol–water partition coefficient (Wildman–Crippen LogP) is 7.58. The summed E-state index contributed by atoms with van der Waals surface area (Å²) in [5.74, 6) is 0.497. The van der Waals surface area contributed by atoms with E-state index in [2.05, 4.69) is 32.2 Å². The summed E-state index contributed by atoms with van der Waals surface area (Å²) >= 11 is 6.74. The van der Waals surface area contributed by atoms with Crippen molar-refractivity contribution in [2.24, 2.45) is 5.92 Å². The van der Waals surface area contributed by atoms with Crippen LogP contribution in [0.25, 0.3) is 0 Å². The number of benzene rings is 5. The highest BCUT2D eigenvalue weighted by atomic mass is 35.5. The molecule has 0 aromatic heterocycles. The van der Waals surface area contributed by atoms with Crippen LogP contribution in [0.4, 0.5) is 17.1 Å². The number of ether oxygens (including phenoxy) is 3. The first-order valence-corrected chi connectivity index (χ1v) is 23.4. The Balaban J connectivity index is 1.15. The largest absolute Gasteiger partial charge is 0.497 e. The zero-order valence-electron chi connectivity index (χ0n) is 33.6. The maximum absolute atomic E-state index is 15.4. The molecule has 5 aromatic carbocycles. The number of aliphatic hydroxyl groups is 1. The van der Waals surface area contributed by atoms with Crippen LogP contribution in [-0.2, 0) is 37.8 Å². The van der Waals surface area contributed by atoms with E-state index in [9.17, 15) is 14.7 Å². The Bertz CT molecular complexity index is 2360. The topological polar surface area (TPSA) is 109 Å². The molecule has 3 aliphatic rings. The molecule has 4 atom stereocenters. The molecule has 3 heterocycles. The van der Waals surface area contributed by atoms with Gasteiger partial charge >= 0.3 is 0 Å². The van der Waals surface area contributed by atoms with Crippen LogP contribution >= 0.6 is 11.6 Å². The van der Waals surface area contributed by atoms with E-state index in [0.717, 1.165) is 22.1 Å². The van der Waals surface area contributed by atoms with Crippen molar-refractivity contribution in [2.75, 3.05) is 36.7 Å². The first kappa shape index (κ1) is 40.3. The molecule has 8 rings (SSSR count). The Morgan fingerprint density at radius 1 is 0.915 bits per heavy atom. The van der Waals surface area contributed by atoms with Crippen molar-refractivity contribution >= 4 is 59.6 Å². The monoisotopic (exact) mass is 829 g/mol. The third-order valence-electron chi connectivity index (χ3n) is 12.4. The first-order chi connectivity index (χ1) is 28.5. The van der Waals surface area contributed by atoms with Gasteiger partial charge in [-0.15, -0.1) is 0 Å². The van der Waals surface area contributed by atoms with Crippen molar-refractivity contribution in [1.82, 2.24) is 4.90 Å². The number of carbonyl (C=O) groups is 3. The van der Waals surface area contributed by atoms with E-state index in [4.69, 9.17) is 25.8 Å². The highest BCUT2D eigenvalue weighted by Gasteiger charge is 2.66. The Hall–Kier alpha value is -5.46. The third kappa shape index (κ3) is 7.30. The second-order valence-corrected chi connectivity index (χ2v) is 21.2. The van der Waals surface area contributed by atoms with E-state index >= 15 is 4.79 Å². The third-order valence-corrected chi connectivity index (χ3v) is 16.9. The van der Waals surface area contributed by atoms with E-state index in [0.29, 0.717) is 39.9 Å². The van der Waals surface area contributed by atoms with Gasteiger partial charge in [0.15, 0.2) is 12.2 Å². The molecule has 3 amide bonds. The zero-order valence-corrected chi connectivity index (χ0v) is 35.4. The summed E-state index contributed by atoms with van der Waals surface area (Å²) in [6.45, 7) is 7.15. The second-order valence-electron chi connectivity index (χ2n) is 16.1. The molecule has 12 heteroatoms. The van der Waals surface area contributed by atoms with E-state index in [-0.39, 0.29) is 61.9 Å². The standard InChI is InChI=1S/C47H48ClN3O7Si/c1-31-45(59(3,4)37-21-19-36(56-2)20-22-37)42(27-43(53)49(24-25-52)28-32-10-6-5-7-11-32)58-47(31)38-26-34(48)16-23-39(38)50(46(47)55)29-33-14-17-35(18-15-33)51-40-12-8-9-13-41(40)57-30-44(51)54/h5-23,26,31,42,45,52H,24-25,27-30H2,1-4H3/t31-,42+,45-,47+/m1/s1. The number of hydrogen-bond acceptors (Lipinski definition) is 7. The molecule has 0 saturated carbocycles. The molecule has 304 valence electrons. The van der Waals surface area contributed by atoms with Crippen LogP contribution in [-0.4, -0.2) is 68.8 Å². The number of methoxy groups -OCH3 is 1. The van der Waals surface area contributed by atoms with Crippen molar-refractivity contribution in [2.45, 2.75) is 56.8 Å². The molecule has 0 radical (unpaired) electrons. The quantitative estimate of drug-likeness (QED) is 0.129. The van der Waals surface area contributed by atoms with Gasteiger partial charge in [0, 0.05) is 35.3 Å². The summed E-state index contributed by atoms with van der Waals surface area (Å²) < 4.78 is 18.4. The average molecular weight is 830 g/mol. The molecule has 1 N–H and O–H groups in total. The lowest BCUT2D eigenvalue weighted by molar-refractivity contribution is -0.150. The molecule has 0 unspecified atom stereocenters. The Morgan fingerprint density at radius 2 is 1.63 bits per heavy atom. The number of anilines is 3. The summed E-state index contributed by atoms with van der Waals surface area (Å²) in [5, 5.41) is 11.7. The minimum atomic E-state index is -2.56. The lowest BCUT2D eigenvalue weighted by atomic mass is 9.82. The molecule has 0 bridgehead atoms. The maximum atomic E-state index is 15.4. The van der Waals surface area contributed by atoms with Crippen LogP contribution in [0.1, 0.15) is 30.0 Å². The van der Waals surface area contributed by atoms with Gasteiger partial charge in [0.2, 0.25) is 5.91 Å². The number of aliphatic hydroxyl groups excluding tert-OH is 1. The smallest absolute Gasteiger partial charge is 0.269 e. The summed E-state index contributed by atoms with van der Waals surface area (Å²) in [7, 11) is -0.915. The Labute approximate surface area is 350 Å². The zero-order chi connectivity index (χ0) is 41.5. The molecule has 1 fully saturated rings. The van der Waals surface area contributed by atoms with Crippen LogP contribution < -0.4 is 24.5 Å². The fourth-order valence-corrected chi connectivity index (χ4v) is 13.7. The molecular formula is C47H48ClN3O7Si. The second kappa shape index (κ2) is 16.3. The molecular weight excluding hydrogens is 782 g/mol. The molecule has 5 aromatic rings. The van der Waals surface area contributed by atoms with Gasteiger partial charge < -0.3 is 29.1 Å². The number of rotatable bonds is 12. The van der Waals surface area contributed by atoms with E-state index in [1.807, 2.05) is 103 Å². The van der Waals surface area contributed by atoms with Gasteiger partial charge in [0.1, 0.15) is 11.5 Å². The highest BCUT2D eigenvalue weighted by Crippen LogP contribution is 2.60. The molecule has 59 heavy (non-hydrogen) atoms. The van der Waals surface area contributed by atoms with E-state index in [1.54, 1.807) is 27.9 Å². The summed E-state index contributed by atoms with van der Waals surface area (Å²) in [5.41, 5.74) is 2.97. The molecule has 1 spiro atoms. The van der Waals surface area contributed by atoms with Crippen molar-refractivity contribution < 1.29 is 33.7 Å². The minimum absolute atomic E-state index is 0.0319. The van der Waals surface area contributed by atoms with E-state index < -0.39 is 19.8 Å². The van der Waals surface area contributed by atoms with Crippen LogP contribution in [0.2, 0.25) is 23.7 Å². The lowest BCUT2D eigenvalue weighted by Crippen LogP contribution is -2.52. The average Bonchev–Trinajstić information content (AvgIpc) is 3.66.